The first-order valence-electron chi connectivity index (χ1n) is 5.95. The Labute approximate surface area is 116 Å². The number of benzene rings is 1. The van der Waals surface area contributed by atoms with Gasteiger partial charge in [-0.15, -0.1) is 11.3 Å². The van der Waals surface area contributed by atoms with Crippen LogP contribution in [0.2, 0.25) is 0 Å². The largest absolute Gasteiger partial charge is 0.496 e. The van der Waals surface area contributed by atoms with Crippen molar-refractivity contribution in [1.29, 1.82) is 0 Å². The number of hydrogen-bond donors (Lipinski definition) is 0. The van der Waals surface area contributed by atoms with Crippen LogP contribution in [0.3, 0.4) is 0 Å². The van der Waals surface area contributed by atoms with Crippen molar-refractivity contribution in [1.82, 2.24) is 4.98 Å². The van der Waals surface area contributed by atoms with E-state index in [-0.39, 0.29) is 5.97 Å². The monoisotopic (exact) mass is 277 g/mol. The minimum atomic E-state index is -0.378. The van der Waals surface area contributed by atoms with Gasteiger partial charge in [-0.05, 0) is 26.0 Å². The first kappa shape index (κ1) is 13.5. The second kappa shape index (κ2) is 5.84. The maximum absolute atomic E-state index is 11.7. The number of esters is 1. The van der Waals surface area contributed by atoms with E-state index in [4.69, 9.17) is 9.47 Å². The fourth-order valence-corrected chi connectivity index (χ4v) is 2.59. The molecule has 100 valence electrons. The van der Waals surface area contributed by atoms with Crippen LogP contribution in [0.1, 0.15) is 21.6 Å². The molecule has 0 aliphatic heterocycles. The second-order valence-corrected chi connectivity index (χ2v) is 5.05. The van der Waals surface area contributed by atoms with E-state index in [2.05, 4.69) is 4.98 Å². The Morgan fingerprint density at radius 2 is 2.11 bits per heavy atom. The molecule has 0 atom stereocenters. The van der Waals surface area contributed by atoms with Crippen LogP contribution in [0, 0.1) is 6.92 Å². The summed E-state index contributed by atoms with van der Waals surface area (Å²) < 4.78 is 10.3. The molecular weight excluding hydrogens is 262 g/mol. The summed E-state index contributed by atoms with van der Waals surface area (Å²) in [5.41, 5.74) is 1.65. The fraction of sp³-hybridized carbons (Fsp3) is 0.286. The maximum atomic E-state index is 11.7. The number of aromatic nitrogens is 1. The second-order valence-electron chi connectivity index (χ2n) is 3.84. The van der Waals surface area contributed by atoms with Gasteiger partial charge in [-0.3, -0.25) is 0 Å². The number of para-hydroxylation sites is 1. The molecule has 1 aromatic heterocycles. The number of aryl methyl sites for hydroxylation is 1. The molecule has 0 saturated carbocycles. The highest BCUT2D eigenvalue weighted by atomic mass is 32.1. The van der Waals surface area contributed by atoms with E-state index in [1.54, 1.807) is 14.0 Å². The van der Waals surface area contributed by atoms with E-state index >= 15 is 0 Å². The number of thiazole rings is 1. The summed E-state index contributed by atoms with van der Waals surface area (Å²) in [5.74, 6) is 0.364. The lowest BCUT2D eigenvalue weighted by Gasteiger charge is -2.06. The Morgan fingerprint density at radius 1 is 1.37 bits per heavy atom. The van der Waals surface area contributed by atoms with E-state index in [1.807, 2.05) is 31.2 Å². The number of ether oxygens (including phenoxy) is 2. The molecule has 0 amide bonds. The highest BCUT2D eigenvalue weighted by molar-refractivity contribution is 7.13. The molecule has 0 bridgehead atoms. The third-order valence-corrected chi connectivity index (χ3v) is 3.56. The van der Waals surface area contributed by atoms with Gasteiger partial charge in [0, 0.05) is 10.4 Å². The van der Waals surface area contributed by atoms with E-state index < -0.39 is 0 Å². The van der Waals surface area contributed by atoms with Crippen molar-refractivity contribution in [3.63, 3.8) is 0 Å². The van der Waals surface area contributed by atoms with Gasteiger partial charge in [0.2, 0.25) is 5.01 Å². The molecule has 0 saturated heterocycles. The molecule has 0 spiro atoms. The lowest BCUT2D eigenvalue weighted by molar-refractivity contribution is 0.0526. The molecule has 1 aromatic carbocycles. The van der Waals surface area contributed by atoms with E-state index in [0.717, 1.165) is 21.9 Å². The zero-order chi connectivity index (χ0) is 13.8. The minimum Gasteiger partial charge on any atom is -0.496 e. The topological polar surface area (TPSA) is 48.4 Å². The number of carbonyl (C=O) groups is 1. The van der Waals surface area contributed by atoms with E-state index in [9.17, 15) is 4.79 Å². The van der Waals surface area contributed by atoms with Gasteiger partial charge < -0.3 is 9.47 Å². The molecular formula is C14H15NO3S. The van der Waals surface area contributed by atoms with Gasteiger partial charge >= 0.3 is 5.97 Å². The van der Waals surface area contributed by atoms with Gasteiger partial charge in [0.25, 0.3) is 0 Å². The quantitative estimate of drug-likeness (QED) is 0.804. The number of hydrogen-bond acceptors (Lipinski definition) is 5. The first-order valence-corrected chi connectivity index (χ1v) is 6.77. The Bertz CT molecular complexity index is 592. The van der Waals surface area contributed by atoms with Crippen molar-refractivity contribution in [2.75, 3.05) is 13.7 Å². The van der Waals surface area contributed by atoms with Crippen LogP contribution in [0.15, 0.2) is 24.3 Å². The Kier molecular flexibility index (Phi) is 4.16. The van der Waals surface area contributed by atoms with Crippen molar-refractivity contribution in [3.8, 4) is 17.0 Å². The summed E-state index contributed by atoms with van der Waals surface area (Å²) in [6.07, 6.45) is 0. The summed E-state index contributed by atoms with van der Waals surface area (Å²) in [4.78, 5) is 17.0. The SMILES string of the molecule is CCOC(=O)c1nc(-c2ccccc2OC)c(C)s1. The summed E-state index contributed by atoms with van der Waals surface area (Å²) in [7, 11) is 1.62. The zero-order valence-corrected chi connectivity index (χ0v) is 11.9. The van der Waals surface area contributed by atoms with Crippen molar-refractivity contribution in [2.45, 2.75) is 13.8 Å². The van der Waals surface area contributed by atoms with Crippen LogP contribution in [0.25, 0.3) is 11.3 Å². The Hall–Kier alpha value is -1.88. The van der Waals surface area contributed by atoms with Crippen LogP contribution >= 0.6 is 11.3 Å². The number of nitrogens with zero attached hydrogens (tertiary/aromatic N) is 1. The molecule has 0 aliphatic carbocycles. The van der Waals surface area contributed by atoms with Crippen LogP contribution in [0.5, 0.6) is 5.75 Å². The molecule has 2 rings (SSSR count). The third-order valence-electron chi connectivity index (χ3n) is 2.61. The standard InChI is InChI=1S/C14H15NO3S/c1-4-18-14(16)13-15-12(9(2)19-13)10-7-5-6-8-11(10)17-3/h5-8H,4H2,1-3H3. The Morgan fingerprint density at radius 3 is 2.79 bits per heavy atom. The van der Waals surface area contributed by atoms with Crippen LogP contribution in [0.4, 0.5) is 0 Å². The molecule has 0 unspecified atom stereocenters. The number of methoxy groups -OCH3 is 1. The van der Waals surface area contributed by atoms with Crippen molar-refractivity contribution < 1.29 is 14.3 Å². The molecule has 0 radical (unpaired) electrons. The van der Waals surface area contributed by atoms with Gasteiger partial charge in [-0.1, -0.05) is 12.1 Å². The molecule has 5 heteroatoms. The van der Waals surface area contributed by atoms with Gasteiger partial charge in [0.15, 0.2) is 0 Å². The van der Waals surface area contributed by atoms with Gasteiger partial charge in [0.1, 0.15) is 5.75 Å². The molecule has 4 nitrogen and oxygen atoms in total. The smallest absolute Gasteiger partial charge is 0.367 e. The molecule has 0 fully saturated rings. The normalized spacial score (nSPS) is 10.3. The molecule has 1 heterocycles. The van der Waals surface area contributed by atoms with Gasteiger partial charge in [0.05, 0.1) is 19.4 Å². The molecule has 19 heavy (non-hydrogen) atoms. The van der Waals surface area contributed by atoms with Crippen LogP contribution < -0.4 is 4.74 Å². The number of carbonyl (C=O) groups excluding carboxylic acids is 1. The minimum absolute atomic E-state index is 0.349. The summed E-state index contributed by atoms with van der Waals surface area (Å²) in [5, 5.41) is 0.375. The van der Waals surface area contributed by atoms with Gasteiger partial charge in [-0.2, -0.15) is 0 Å². The average molecular weight is 277 g/mol. The summed E-state index contributed by atoms with van der Waals surface area (Å²) in [6, 6.07) is 7.62. The Balaban J connectivity index is 2.43. The lowest BCUT2D eigenvalue weighted by atomic mass is 10.1. The summed E-state index contributed by atoms with van der Waals surface area (Å²) in [6.45, 7) is 4.06. The lowest BCUT2D eigenvalue weighted by Crippen LogP contribution is -2.03. The molecule has 2 aromatic rings. The van der Waals surface area contributed by atoms with Gasteiger partial charge in [-0.25, -0.2) is 9.78 Å². The van der Waals surface area contributed by atoms with Crippen LogP contribution in [-0.4, -0.2) is 24.7 Å². The zero-order valence-electron chi connectivity index (χ0n) is 11.1. The molecule has 0 N–H and O–H groups in total. The highest BCUT2D eigenvalue weighted by Crippen LogP contribution is 2.33. The van der Waals surface area contributed by atoms with E-state index in [0.29, 0.717) is 11.6 Å². The fourth-order valence-electron chi connectivity index (χ4n) is 1.77. The first-order chi connectivity index (χ1) is 9.17. The predicted molar refractivity (Wildman–Crippen MR) is 74.8 cm³/mol. The van der Waals surface area contributed by atoms with Crippen molar-refractivity contribution in [2.24, 2.45) is 0 Å². The van der Waals surface area contributed by atoms with Crippen molar-refractivity contribution in [3.05, 3.63) is 34.2 Å². The molecule has 0 aliphatic rings. The third kappa shape index (κ3) is 2.76. The van der Waals surface area contributed by atoms with Crippen LogP contribution in [-0.2, 0) is 4.74 Å². The summed E-state index contributed by atoms with van der Waals surface area (Å²) >= 11 is 1.34. The number of rotatable bonds is 4. The van der Waals surface area contributed by atoms with E-state index in [1.165, 1.54) is 11.3 Å². The predicted octanol–water partition coefficient (Wildman–Crippen LogP) is 3.30. The van der Waals surface area contributed by atoms with Crippen molar-refractivity contribution >= 4 is 17.3 Å². The highest BCUT2D eigenvalue weighted by Gasteiger charge is 2.18. The maximum Gasteiger partial charge on any atom is 0.367 e. The average Bonchev–Trinajstić information content (AvgIpc) is 2.81.